The molecule has 0 spiro atoms. The molecule has 2 rings (SSSR count). The van der Waals surface area contributed by atoms with Crippen LogP contribution in [0.4, 0.5) is 0 Å². The Kier molecular flexibility index (Phi) is 14.6. The summed E-state index contributed by atoms with van der Waals surface area (Å²) in [5.41, 5.74) is 0. The molecule has 1 atom stereocenters. The first-order valence-corrected chi connectivity index (χ1v) is 5.69. The Bertz CT molecular complexity index is 338. The zero-order valence-corrected chi connectivity index (χ0v) is 11.1. The Hall–Kier alpha value is -1.85. The van der Waals surface area contributed by atoms with Gasteiger partial charge in [0.25, 0.3) is 0 Å². The topological polar surface area (TPSA) is 87.1 Å². The number of carboxylic acids is 1. The summed E-state index contributed by atoms with van der Waals surface area (Å²) in [6, 6.07) is 8.71. The van der Waals surface area contributed by atoms with Crippen LogP contribution in [0, 0.1) is 0 Å². The first-order chi connectivity index (χ1) is 9.10. The summed E-state index contributed by atoms with van der Waals surface area (Å²) < 4.78 is 4.73. The highest BCUT2D eigenvalue weighted by molar-refractivity contribution is 6.18. The van der Waals surface area contributed by atoms with Crippen molar-refractivity contribution in [1.82, 2.24) is 0 Å². The van der Waals surface area contributed by atoms with E-state index >= 15 is 0 Å². The molecule has 0 aromatic heterocycles. The predicted molar refractivity (Wildman–Crippen MR) is 73.5 cm³/mol. The quantitative estimate of drug-likeness (QED) is 0.494. The molecule has 1 fully saturated rings. The van der Waals surface area contributed by atoms with Crippen LogP contribution in [-0.4, -0.2) is 41.6 Å². The van der Waals surface area contributed by atoms with Crippen LogP contribution in [0.25, 0.3) is 0 Å². The molecular formula is C13H17ClO5. The van der Waals surface area contributed by atoms with Gasteiger partial charge >= 0.3 is 5.97 Å². The van der Waals surface area contributed by atoms with Crippen molar-refractivity contribution in [2.45, 2.75) is 6.10 Å². The fourth-order valence-electron chi connectivity index (χ4n) is 0.585. The van der Waals surface area contributed by atoms with Crippen molar-refractivity contribution in [3.8, 4) is 5.75 Å². The third kappa shape index (κ3) is 18.7. The Morgan fingerprint density at radius 1 is 1.42 bits per heavy atom. The second-order valence-corrected chi connectivity index (χ2v) is 3.30. The average Bonchev–Trinajstić information content (AvgIpc) is 3.27. The van der Waals surface area contributed by atoms with Crippen LogP contribution < -0.4 is 0 Å². The fourth-order valence-corrected chi connectivity index (χ4v) is 0.763. The Balaban J connectivity index is 0. The Labute approximate surface area is 117 Å². The van der Waals surface area contributed by atoms with Gasteiger partial charge in [0.1, 0.15) is 12.5 Å². The highest BCUT2D eigenvalue weighted by Gasteiger charge is 2.19. The molecule has 106 valence electrons. The molecule has 0 saturated carbocycles. The standard InChI is InChI=1S/C6H6O.C3H5ClO.C3H4O2.CH2O/c7-6-4-2-1-3-5-6;4-1-3-2-5-3;1-2-3(4)5;1-2/h1-5,7H;3H,1-2H2;2H,1H2,(H,4,5);1H2. The van der Waals surface area contributed by atoms with Crippen molar-refractivity contribution < 1.29 is 24.5 Å². The largest absolute Gasteiger partial charge is 0.508 e. The average molecular weight is 289 g/mol. The van der Waals surface area contributed by atoms with Crippen molar-refractivity contribution in [2.75, 3.05) is 12.5 Å². The maximum atomic E-state index is 9.25. The third-order valence-electron chi connectivity index (χ3n) is 1.51. The molecule has 1 unspecified atom stereocenters. The van der Waals surface area contributed by atoms with E-state index in [0.717, 1.165) is 12.7 Å². The van der Waals surface area contributed by atoms with E-state index in [-0.39, 0.29) is 0 Å². The van der Waals surface area contributed by atoms with Gasteiger partial charge in [0.05, 0.1) is 18.6 Å². The number of alkyl halides is 1. The predicted octanol–water partition coefficient (Wildman–Crippen LogP) is 2.09. The minimum Gasteiger partial charge on any atom is -0.508 e. The number of hydrogen-bond acceptors (Lipinski definition) is 4. The first kappa shape index (κ1) is 19.5. The third-order valence-corrected chi connectivity index (χ3v) is 1.85. The number of epoxide rings is 1. The van der Waals surface area contributed by atoms with Crippen LogP contribution in [0.3, 0.4) is 0 Å². The van der Waals surface area contributed by atoms with Crippen molar-refractivity contribution in [1.29, 1.82) is 0 Å². The summed E-state index contributed by atoms with van der Waals surface area (Å²) in [5, 5.41) is 16.2. The molecule has 0 radical (unpaired) electrons. The number of halogens is 1. The van der Waals surface area contributed by atoms with Gasteiger partial charge in [-0.05, 0) is 12.1 Å². The molecule has 2 N–H and O–H groups in total. The van der Waals surface area contributed by atoms with Crippen molar-refractivity contribution >= 4 is 24.4 Å². The van der Waals surface area contributed by atoms with E-state index < -0.39 is 5.97 Å². The number of aliphatic carboxylic acids is 1. The Morgan fingerprint density at radius 2 is 1.84 bits per heavy atom. The number of phenolic OH excluding ortho intramolecular Hbond substituents is 1. The van der Waals surface area contributed by atoms with Crippen molar-refractivity contribution in [2.24, 2.45) is 0 Å². The van der Waals surface area contributed by atoms with Gasteiger partial charge in [-0.3, -0.25) is 0 Å². The highest BCUT2D eigenvalue weighted by Crippen LogP contribution is 2.08. The smallest absolute Gasteiger partial charge is 0.327 e. The summed E-state index contributed by atoms with van der Waals surface area (Å²) >= 11 is 5.27. The van der Waals surface area contributed by atoms with E-state index in [1.165, 1.54) is 0 Å². The number of benzene rings is 1. The van der Waals surface area contributed by atoms with E-state index in [1.54, 1.807) is 24.3 Å². The zero-order valence-electron chi connectivity index (χ0n) is 10.4. The van der Waals surface area contributed by atoms with Crippen LogP contribution >= 0.6 is 11.6 Å². The molecule has 0 bridgehead atoms. The fraction of sp³-hybridized carbons (Fsp3) is 0.231. The molecule has 6 heteroatoms. The number of rotatable bonds is 2. The molecule has 1 heterocycles. The van der Waals surface area contributed by atoms with Gasteiger partial charge in [0.15, 0.2) is 0 Å². The molecule has 0 amide bonds. The van der Waals surface area contributed by atoms with Gasteiger partial charge in [-0.25, -0.2) is 4.79 Å². The number of aromatic hydroxyl groups is 1. The number of hydrogen-bond donors (Lipinski definition) is 2. The molecule has 1 saturated heterocycles. The summed E-state index contributed by atoms with van der Waals surface area (Å²) in [6.07, 6.45) is 1.23. The van der Waals surface area contributed by atoms with E-state index in [2.05, 4.69) is 6.58 Å². The summed E-state index contributed by atoms with van der Waals surface area (Å²) in [6.45, 7) is 5.84. The van der Waals surface area contributed by atoms with E-state index in [4.69, 9.17) is 31.3 Å². The summed E-state index contributed by atoms with van der Waals surface area (Å²) in [7, 11) is 0. The Morgan fingerprint density at radius 3 is 1.95 bits per heavy atom. The summed E-state index contributed by atoms with van der Waals surface area (Å²) in [4.78, 5) is 17.2. The maximum absolute atomic E-state index is 9.25. The van der Waals surface area contributed by atoms with Gasteiger partial charge in [-0.15, -0.1) is 11.6 Å². The monoisotopic (exact) mass is 288 g/mol. The van der Waals surface area contributed by atoms with E-state index in [0.29, 0.717) is 17.7 Å². The lowest BCUT2D eigenvalue weighted by Gasteiger charge is -1.82. The van der Waals surface area contributed by atoms with Crippen LogP contribution in [0.1, 0.15) is 0 Å². The van der Waals surface area contributed by atoms with Gasteiger partial charge in [0.2, 0.25) is 0 Å². The molecule has 1 aromatic carbocycles. The minimum absolute atomic E-state index is 0.322. The lowest BCUT2D eigenvalue weighted by molar-refractivity contribution is -0.131. The summed E-state index contributed by atoms with van der Waals surface area (Å²) in [5.74, 6) is 0.00694. The van der Waals surface area contributed by atoms with Gasteiger partial charge in [-0.1, -0.05) is 24.8 Å². The second-order valence-electron chi connectivity index (χ2n) is 2.99. The van der Waals surface area contributed by atoms with Crippen molar-refractivity contribution in [3.63, 3.8) is 0 Å². The number of carbonyl (C=O) groups is 2. The van der Waals surface area contributed by atoms with Gasteiger partial charge in [0, 0.05) is 6.08 Å². The van der Waals surface area contributed by atoms with E-state index in [1.807, 2.05) is 12.9 Å². The maximum Gasteiger partial charge on any atom is 0.327 e. The number of ether oxygens (including phenoxy) is 1. The molecule has 5 nitrogen and oxygen atoms in total. The highest BCUT2D eigenvalue weighted by atomic mass is 35.5. The molecular weight excluding hydrogens is 272 g/mol. The normalized spacial score (nSPS) is 14.1. The molecule has 1 aromatic rings. The first-order valence-electron chi connectivity index (χ1n) is 5.16. The zero-order chi connectivity index (χ0) is 15.1. The molecule has 1 aliphatic rings. The lowest BCUT2D eigenvalue weighted by atomic mass is 10.3. The van der Waals surface area contributed by atoms with Gasteiger partial charge < -0.3 is 19.7 Å². The minimum atomic E-state index is -0.981. The molecule has 1 aliphatic heterocycles. The van der Waals surface area contributed by atoms with Gasteiger partial charge in [-0.2, -0.15) is 0 Å². The lowest BCUT2D eigenvalue weighted by Crippen LogP contribution is -1.82. The van der Waals surface area contributed by atoms with E-state index in [9.17, 15) is 4.79 Å². The SMILES string of the molecule is C=CC(=O)O.C=O.ClCC1CO1.Oc1ccccc1. The van der Waals surface area contributed by atoms with Crippen LogP contribution in [0.5, 0.6) is 5.75 Å². The van der Waals surface area contributed by atoms with Crippen LogP contribution in [-0.2, 0) is 14.3 Å². The van der Waals surface area contributed by atoms with Crippen LogP contribution in [0.15, 0.2) is 43.0 Å². The molecule has 19 heavy (non-hydrogen) atoms. The van der Waals surface area contributed by atoms with Crippen molar-refractivity contribution in [3.05, 3.63) is 43.0 Å². The second kappa shape index (κ2) is 14.2. The number of carboxylic acid groups (broad SMARTS) is 1. The number of phenols is 1. The number of para-hydroxylation sites is 1. The molecule has 0 aliphatic carbocycles. The number of carbonyl (C=O) groups excluding carboxylic acids is 1. The van der Waals surface area contributed by atoms with Crippen LogP contribution in [0.2, 0.25) is 0 Å².